The van der Waals surface area contributed by atoms with Gasteiger partial charge in [-0.25, -0.2) is 9.59 Å². The molecule has 4 N–H and O–H groups in total. The summed E-state index contributed by atoms with van der Waals surface area (Å²) in [6.07, 6.45) is -13.1. The molecule has 2 aliphatic heterocycles. The molecule has 138 valence electrons. The second-order valence-corrected chi connectivity index (χ2v) is 4.80. The van der Waals surface area contributed by atoms with Crippen molar-refractivity contribution in [2.75, 3.05) is 0 Å². The molecule has 2 rings (SSSR count). The predicted molar refractivity (Wildman–Crippen MR) is 50.8 cm³/mol. The lowest BCUT2D eigenvalue weighted by atomic mass is 9.85. The predicted octanol–water partition coefficient (Wildman–Crippen LogP) is 1.40. The van der Waals surface area contributed by atoms with E-state index in [2.05, 4.69) is 0 Å². The zero-order valence-corrected chi connectivity index (χ0v) is 10.6. The molecule has 0 atom stereocenters. The molecule has 0 bridgehead atoms. The summed E-state index contributed by atoms with van der Waals surface area (Å²) in [6, 6.07) is -4.34. The highest BCUT2D eigenvalue weighted by Crippen LogP contribution is 2.57. The Morgan fingerprint density at radius 1 is 0.625 bits per heavy atom. The number of carbonyl (C=O) groups is 2. The molecule has 0 radical (unpaired) electrons. The molecule has 2 aliphatic rings. The van der Waals surface area contributed by atoms with Crippen LogP contribution in [0.2, 0.25) is 0 Å². The van der Waals surface area contributed by atoms with Crippen LogP contribution in [0.3, 0.4) is 0 Å². The largest absolute Gasteiger partial charge is 0.460 e. The van der Waals surface area contributed by atoms with Crippen LogP contribution in [0.4, 0.5) is 53.5 Å². The molecule has 24 heavy (non-hydrogen) atoms. The Labute approximate surface area is 123 Å². The monoisotopic (exact) mass is 378 g/mol. The molecule has 0 aromatic rings. The van der Waals surface area contributed by atoms with Crippen LogP contribution in [0.5, 0.6) is 0 Å². The van der Waals surface area contributed by atoms with Gasteiger partial charge < -0.3 is 21.3 Å². The number of nitrogens with one attached hydrogen (secondary N) is 4. The smallest absolute Gasteiger partial charge is 0.306 e. The highest BCUT2D eigenvalue weighted by Gasteiger charge is 2.92. The average molecular weight is 378 g/mol. The lowest BCUT2D eigenvalue weighted by Crippen LogP contribution is -2.83. The van der Waals surface area contributed by atoms with E-state index in [0.717, 1.165) is 10.6 Å². The van der Waals surface area contributed by atoms with Gasteiger partial charge in [0.2, 0.25) is 5.66 Å². The maximum Gasteiger partial charge on any atom is 0.460 e. The number of amides is 4. The van der Waals surface area contributed by atoms with E-state index in [1.807, 2.05) is 0 Å². The second kappa shape index (κ2) is 4.27. The molecule has 6 nitrogen and oxygen atoms in total. The molecule has 0 aromatic carbocycles. The molecule has 2 fully saturated rings. The Balaban J connectivity index is 2.76. The second-order valence-electron chi connectivity index (χ2n) is 4.80. The Bertz CT molecular complexity index is 577. The molecule has 0 aliphatic carbocycles. The summed E-state index contributed by atoms with van der Waals surface area (Å²) in [5.41, 5.74) is -9.54. The maximum atomic E-state index is 14.0. The third-order valence-electron chi connectivity index (χ3n) is 3.41. The fraction of sp³-hybridized carbons (Fsp3) is 0.750. The fourth-order valence-electron chi connectivity index (χ4n) is 2.34. The van der Waals surface area contributed by atoms with Gasteiger partial charge in [0.05, 0.1) is 0 Å². The number of hydrogen-bond donors (Lipinski definition) is 4. The summed E-state index contributed by atoms with van der Waals surface area (Å²) < 4.78 is 131. The first-order chi connectivity index (χ1) is 10.5. The van der Waals surface area contributed by atoms with Crippen LogP contribution in [0.15, 0.2) is 0 Å². The Hall–Kier alpha value is -2.16. The number of urea groups is 2. The van der Waals surface area contributed by atoms with Crippen LogP contribution < -0.4 is 21.3 Å². The number of rotatable bonds is 2. The van der Waals surface area contributed by atoms with Gasteiger partial charge in [-0.3, -0.25) is 0 Å². The minimum atomic E-state index is -7.05. The Morgan fingerprint density at radius 3 is 1.25 bits per heavy atom. The molecule has 0 unspecified atom stereocenters. The number of fused-ring (bicyclic) bond motifs is 1. The van der Waals surface area contributed by atoms with Gasteiger partial charge in [0.25, 0.3) is 5.66 Å². The van der Waals surface area contributed by atoms with Gasteiger partial charge in [-0.1, -0.05) is 0 Å². The van der Waals surface area contributed by atoms with Gasteiger partial charge in [0.1, 0.15) is 0 Å². The van der Waals surface area contributed by atoms with E-state index in [1.165, 1.54) is 0 Å². The molecule has 0 saturated carbocycles. The van der Waals surface area contributed by atoms with Crippen molar-refractivity contribution in [1.82, 2.24) is 21.3 Å². The average Bonchev–Trinajstić information content (AvgIpc) is 2.75. The Kier molecular flexibility index (Phi) is 3.23. The lowest BCUT2D eigenvalue weighted by Gasteiger charge is -2.44. The zero-order valence-electron chi connectivity index (χ0n) is 10.6. The van der Waals surface area contributed by atoms with E-state index in [1.54, 1.807) is 0 Å². The summed E-state index contributed by atoms with van der Waals surface area (Å²) in [5, 5.41) is 2.70. The Morgan fingerprint density at radius 2 is 0.958 bits per heavy atom. The van der Waals surface area contributed by atoms with Crippen molar-refractivity contribution >= 4 is 12.1 Å². The molecule has 0 spiro atoms. The van der Waals surface area contributed by atoms with Gasteiger partial charge >= 0.3 is 36.3 Å². The van der Waals surface area contributed by atoms with Crippen LogP contribution in [-0.4, -0.2) is 47.6 Å². The van der Waals surface area contributed by atoms with Crippen LogP contribution in [0.1, 0.15) is 0 Å². The zero-order chi connectivity index (χ0) is 19.0. The fourth-order valence-corrected chi connectivity index (χ4v) is 2.34. The lowest BCUT2D eigenvalue weighted by molar-refractivity contribution is -0.382. The molecule has 2 heterocycles. The maximum absolute atomic E-state index is 14.0. The first kappa shape index (κ1) is 18.2. The first-order valence-corrected chi connectivity index (χ1v) is 5.55. The number of alkyl halides is 10. The summed E-state index contributed by atoms with van der Waals surface area (Å²) >= 11 is 0. The molecule has 4 amide bonds. The van der Waals surface area contributed by atoms with Crippen LogP contribution in [0.25, 0.3) is 0 Å². The third-order valence-corrected chi connectivity index (χ3v) is 3.41. The van der Waals surface area contributed by atoms with Crippen molar-refractivity contribution < 1.29 is 53.5 Å². The summed E-state index contributed by atoms with van der Waals surface area (Å²) in [4.78, 5) is 22.1. The SMILES string of the molecule is O=C1NC2(C(F)(F)F)NC(=O)NC2(C(F)(F)C(F)(F)C(F)(F)F)N1. The van der Waals surface area contributed by atoms with E-state index in [-0.39, 0.29) is 0 Å². The minimum Gasteiger partial charge on any atom is -0.306 e. The van der Waals surface area contributed by atoms with E-state index in [4.69, 9.17) is 0 Å². The van der Waals surface area contributed by atoms with Gasteiger partial charge in [-0.15, -0.1) is 0 Å². The number of halogens is 10. The van der Waals surface area contributed by atoms with Crippen LogP contribution >= 0.6 is 0 Å². The number of carbonyl (C=O) groups excluding carboxylic acids is 2. The molecular weight excluding hydrogens is 374 g/mol. The molecule has 16 heteroatoms. The number of hydrogen-bond acceptors (Lipinski definition) is 2. The highest BCUT2D eigenvalue weighted by molar-refractivity contribution is 5.89. The van der Waals surface area contributed by atoms with Crippen molar-refractivity contribution in [2.45, 2.75) is 35.5 Å². The quantitative estimate of drug-likeness (QED) is 0.548. The molecule has 2 saturated heterocycles. The van der Waals surface area contributed by atoms with E-state index >= 15 is 0 Å². The van der Waals surface area contributed by atoms with E-state index < -0.39 is 47.6 Å². The highest BCUT2D eigenvalue weighted by atomic mass is 19.4. The topological polar surface area (TPSA) is 82.3 Å². The minimum absolute atomic E-state index is 0.631. The van der Waals surface area contributed by atoms with Crippen molar-refractivity contribution in [1.29, 1.82) is 0 Å². The first-order valence-electron chi connectivity index (χ1n) is 5.55. The molecule has 0 aromatic heterocycles. The summed E-state index contributed by atoms with van der Waals surface area (Å²) in [6.45, 7) is 0. The van der Waals surface area contributed by atoms with Gasteiger partial charge in [0.15, 0.2) is 0 Å². The van der Waals surface area contributed by atoms with Crippen LogP contribution in [0, 0.1) is 0 Å². The summed E-state index contributed by atoms with van der Waals surface area (Å²) in [5.74, 6) is -13.7. The van der Waals surface area contributed by atoms with Crippen molar-refractivity contribution in [3.63, 3.8) is 0 Å². The van der Waals surface area contributed by atoms with Gasteiger partial charge in [0, 0.05) is 0 Å². The van der Waals surface area contributed by atoms with Crippen molar-refractivity contribution in [2.24, 2.45) is 0 Å². The van der Waals surface area contributed by atoms with E-state index in [9.17, 15) is 53.5 Å². The van der Waals surface area contributed by atoms with E-state index in [0.29, 0.717) is 10.6 Å². The molecular formula is C8H4F10N4O2. The van der Waals surface area contributed by atoms with Crippen molar-refractivity contribution in [3.05, 3.63) is 0 Å². The van der Waals surface area contributed by atoms with Gasteiger partial charge in [-0.05, 0) is 0 Å². The van der Waals surface area contributed by atoms with Gasteiger partial charge in [-0.2, -0.15) is 43.9 Å². The third kappa shape index (κ3) is 1.78. The van der Waals surface area contributed by atoms with Crippen molar-refractivity contribution in [3.8, 4) is 0 Å². The van der Waals surface area contributed by atoms with Crippen LogP contribution in [-0.2, 0) is 0 Å². The normalized spacial score (nSPS) is 31.1. The summed E-state index contributed by atoms with van der Waals surface area (Å²) in [7, 11) is 0. The standard InChI is InChI=1S/C8H4F10N4O2/c9-3(10,4(11,12)7(13,14)15)5-6(8(16,17)18,21-1(23)19-5)22-2(24)20-5/h(H2,19,21,23)(H2,20,22,24).